The molecule has 1 aromatic carbocycles. The summed E-state index contributed by atoms with van der Waals surface area (Å²) in [5.74, 6) is -0.670. The maximum atomic E-state index is 13.0. The summed E-state index contributed by atoms with van der Waals surface area (Å²) in [5.41, 5.74) is 4.17. The molecule has 0 unspecified atom stereocenters. The van der Waals surface area contributed by atoms with E-state index < -0.39 is 17.7 Å². The molecular weight excluding hydrogens is 250 g/mol. The molecule has 0 aliphatic heterocycles. The number of nitrogens with zero attached hydrogens (tertiary/aromatic N) is 2. The molecule has 2 rings (SSSR count). The maximum Gasteiger partial charge on any atom is 0.435 e. The van der Waals surface area contributed by atoms with Gasteiger partial charge in [-0.1, -0.05) is 6.07 Å². The Hall–Kier alpha value is -2.05. The normalized spacial score (nSPS) is 11.8. The van der Waals surface area contributed by atoms with Gasteiger partial charge >= 0.3 is 6.18 Å². The van der Waals surface area contributed by atoms with E-state index in [4.69, 9.17) is 5.73 Å². The molecule has 0 radical (unpaired) electrons. The van der Waals surface area contributed by atoms with Gasteiger partial charge in [0, 0.05) is 18.8 Å². The highest BCUT2D eigenvalue weighted by Gasteiger charge is 2.37. The lowest BCUT2D eigenvalue weighted by atomic mass is 10.1. The van der Waals surface area contributed by atoms with E-state index in [1.54, 1.807) is 0 Å². The Morgan fingerprint density at radius 3 is 2.50 bits per heavy atom. The molecule has 0 spiro atoms. The SMILES string of the molecule is Cn1cc(-c2ccc(F)c(N)c2)c(C(F)(F)F)n1. The summed E-state index contributed by atoms with van der Waals surface area (Å²) in [7, 11) is 1.38. The Balaban J connectivity index is 2.60. The van der Waals surface area contributed by atoms with Crippen molar-refractivity contribution in [2.24, 2.45) is 7.05 Å². The Morgan fingerprint density at radius 2 is 1.94 bits per heavy atom. The molecule has 0 saturated carbocycles. The van der Waals surface area contributed by atoms with E-state index >= 15 is 0 Å². The first-order valence-corrected chi connectivity index (χ1v) is 4.95. The lowest BCUT2D eigenvalue weighted by molar-refractivity contribution is -0.140. The quantitative estimate of drug-likeness (QED) is 0.632. The van der Waals surface area contributed by atoms with Crippen LogP contribution in [0, 0.1) is 5.82 Å². The molecule has 0 saturated heterocycles. The predicted molar refractivity (Wildman–Crippen MR) is 58.0 cm³/mol. The molecule has 0 amide bonds. The van der Waals surface area contributed by atoms with E-state index in [9.17, 15) is 17.6 Å². The van der Waals surface area contributed by atoms with Crippen molar-refractivity contribution >= 4 is 5.69 Å². The van der Waals surface area contributed by atoms with Gasteiger partial charge in [-0.2, -0.15) is 18.3 Å². The number of rotatable bonds is 1. The van der Waals surface area contributed by atoms with Crippen molar-refractivity contribution in [2.45, 2.75) is 6.18 Å². The Bertz CT molecular complexity index is 586. The van der Waals surface area contributed by atoms with Gasteiger partial charge in [-0.15, -0.1) is 0 Å². The molecule has 0 fully saturated rings. The van der Waals surface area contributed by atoms with Gasteiger partial charge in [0.25, 0.3) is 0 Å². The summed E-state index contributed by atoms with van der Waals surface area (Å²) in [6.07, 6.45) is -3.35. The molecule has 1 aromatic heterocycles. The average Bonchev–Trinajstić information content (AvgIpc) is 2.64. The number of hydrogen-bond donors (Lipinski definition) is 1. The van der Waals surface area contributed by atoms with Crippen LogP contribution in [-0.4, -0.2) is 9.78 Å². The highest BCUT2D eigenvalue weighted by atomic mass is 19.4. The Labute approximate surface area is 99.8 Å². The number of benzene rings is 1. The molecule has 2 N–H and O–H groups in total. The minimum Gasteiger partial charge on any atom is -0.396 e. The van der Waals surface area contributed by atoms with Crippen LogP contribution in [0.25, 0.3) is 11.1 Å². The molecule has 1 heterocycles. The zero-order valence-electron chi connectivity index (χ0n) is 9.29. The Morgan fingerprint density at radius 1 is 1.28 bits per heavy atom. The summed E-state index contributed by atoms with van der Waals surface area (Å²) in [5, 5.41) is 3.37. The smallest absolute Gasteiger partial charge is 0.396 e. The molecule has 7 heteroatoms. The maximum absolute atomic E-state index is 13.0. The standard InChI is InChI=1S/C11H9F4N3/c1-18-5-7(10(17-18)11(13,14)15)6-2-3-8(12)9(16)4-6/h2-5H,16H2,1H3. The van der Waals surface area contributed by atoms with E-state index in [1.165, 1.54) is 19.3 Å². The van der Waals surface area contributed by atoms with Crippen molar-refractivity contribution in [3.63, 3.8) is 0 Å². The molecule has 0 aliphatic rings. The summed E-state index contributed by atoms with van der Waals surface area (Å²) in [4.78, 5) is 0. The topological polar surface area (TPSA) is 43.8 Å². The van der Waals surface area contributed by atoms with Crippen molar-refractivity contribution in [1.82, 2.24) is 9.78 Å². The number of alkyl halides is 3. The minimum atomic E-state index is -4.57. The van der Waals surface area contributed by atoms with Gasteiger partial charge < -0.3 is 5.73 Å². The summed E-state index contributed by atoms with van der Waals surface area (Å²) >= 11 is 0. The second kappa shape index (κ2) is 4.01. The number of hydrogen-bond acceptors (Lipinski definition) is 2. The number of anilines is 1. The van der Waals surface area contributed by atoms with Crippen molar-refractivity contribution in [3.05, 3.63) is 35.9 Å². The van der Waals surface area contributed by atoms with E-state index in [2.05, 4.69) is 5.10 Å². The van der Waals surface area contributed by atoms with E-state index in [0.717, 1.165) is 16.8 Å². The van der Waals surface area contributed by atoms with Crippen molar-refractivity contribution in [3.8, 4) is 11.1 Å². The highest BCUT2D eigenvalue weighted by molar-refractivity contribution is 5.69. The van der Waals surface area contributed by atoms with Gasteiger partial charge in [-0.25, -0.2) is 4.39 Å². The van der Waals surface area contributed by atoms with Crippen LogP contribution in [0.2, 0.25) is 0 Å². The molecule has 2 aromatic rings. The molecule has 0 aliphatic carbocycles. The molecule has 96 valence electrons. The number of nitrogens with two attached hydrogens (primary N) is 1. The Kier molecular flexibility index (Phi) is 2.76. The fourth-order valence-electron chi connectivity index (χ4n) is 1.62. The van der Waals surface area contributed by atoms with Gasteiger partial charge in [0.1, 0.15) is 5.82 Å². The lowest BCUT2D eigenvalue weighted by Crippen LogP contribution is -2.08. The van der Waals surface area contributed by atoms with E-state index in [0.29, 0.717) is 0 Å². The van der Waals surface area contributed by atoms with Gasteiger partial charge in [-0.3, -0.25) is 4.68 Å². The second-order valence-corrected chi connectivity index (χ2v) is 3.80. The average molecular weight is 259 g/mol. The first-order chi connectivity index (χ1) is 8.29. The highest BCUT2D eigenvalue weighted by Crippen LogP contribution is 2.36. The minimum absolute atomic E-state index is 0.128. The van der Waals surface area contributed by atoms with Crippen LogP contribution in [0.4, 0.5) is 23.2 Å². The van der Waals surface area contributed by atoms with Crippen molar-refractivity contribution < 1.29 is 17.6 Å². The van der Waals surface area contributed by atoms with Gasteiger partial charge in [0.05, 0.1) is 5.69 Å². The van der Waals surface area contributed by atoms with Crippen molar-refractivity contribution in [2.75, 3.05) is 5.73 Å². The fourth-order valence-corrected chi connectivity index (χ4v) is 1.62. The van der Waals surface area contributed by atoms with Crippen LogP contribution in [-0.2, 0) is 13.2 Å². The predicted octanol–water partition coefficient (Wildman–Crippen LogP) is 2.83. The van der Waals surface area contributed by atoms with Crippen LogP contribution >= 0.6 is 0 Å². The van der Waals surface area contributed by atoms with Crippen LogP contribution in [0.1, 0.15) is 5.69 Å². The molecule has 18 heavy (non-hydrogen) atoms. The third-order valence-corrected chi connectivity index (χ3v) is 2.40. The van der Waals surface area contributed by atoms with Gasteiger partial charge in [-0.05, 0) is 17.7 Å². The number of nitrogen functional groups attached to an aromatic ring is 1. The summed E-state index contributed by atoms with van der Waals surface area (Å²) < 4.78 is 52.3. The van der Waals surface area contributed by atoms with Gasteiger partial charge in [0.15, 0.2) is 5.69 Å². The fraction of sp³-hybridized carbons (Fsp3) is 0.182. The van der Waals surface area contributed by atoms with E-state index in [-0.39, 0.29) is 16.8 Å². The van der Waals surface area contributed by atoms with Crippen LogP contribution in [0.3, 0.4) is 0 Å². The second-order valence-electron chi connectivity index (χ2n) is 3.80. The van der Waals surface area contributed by atoms with Crippen LogP contribution in [0.15, 0.2) is 24.4 Å². The number of aromatic nitrogens is 2. The lowest BCUT2D eigenvalue weighted by Gasteiger charge is -2.07. The zero-order chi connectivity index (χ0) is 13.5. The summed E-state index contributed by atoms with van der Waals surface area (Å²) in [6, 6.07) is 3.41. The third kappa shape index (κ3) is 2.15. The largest absolute Gasteiger partial charge is 0.435 e. The van der Waals surface area contributed by atoms with Gasteiger partial charge in [0.2, 0.25) is 0 Å². The molecular formula is C11H9F4N3. The van der Waals surface area contributed by atoms with Crippen molar-refractivity contribution in [1.29, 1.82) is 0 Å². The number of aryl methyl sites for hydroxylation is 1. The molecule has 0 bridgehead atoms. The molecule has 0 atom stereocenters. The monoisotopic (exact) mass is 259 g/mol. The number of halogens is 4. The van der Waals surface area contributed by atoms with Crippen LogP contribution in [0.5, 0.6) is 0 Å². The van der Waals surface area contributed by atoms with Crippen LogP contribution < -0.4 is 5.73 Å². The zero-order valence-corrected chi connectivity index (χ0v) is 9.29. The summed E-state index contributed by atoms with van der Waals surface area (Å²) in [6.45, 7) is 0. The third-order valence-electron chi connectivity index (χ3n) is 2.40. The molecule has 3 nitrogen and oxygen atoms in total. The van der Waals surface area contributed by atoms with E-state index in [1.807, 2.05) is 0 Å². The first-order valence-electron chi connectivity index (χ1n) is 4.95. The first kappa shape index (κ1) is 12.4.